The van der Waals surface area contributed by atoms with Gasteiger partial charge in [0.15, 0.2) is 18.1 Å². The maximum Gasteiger partial charge on any atom is 0.255 e. The Morgan fingerprint density at radius 1 is 1.19 bits per heavy atom. The lowest BCUT2D eigenvalue weighted by atomic mass is 9.98. The van der Waals surface area contributed by atoms with Gasteiger partial charge in [-0.2, -0.15) is 0 Å². The smallest absolute Gasteiger partial charge is 0.255 e. The third-order valence-electron chi connectivity index (χ3n) is 4.31. The fraction of sp³-hybridized carbons (Fsp3) is 0.579. The Morgan fingerprint density at radius 2 is 1.96 bits per heavy atom. The molecule has 1 aliphatic carbocycles. The van der Waals surface area contributed by atoms with Crippen molar-refractivity contribution >= 4 is 11.8 Å². The Kier molecular flexibility index (Phi) is 8.21. The number of rotatable bonds is 10. The van der Waals surface area contributed by atoms with E-state index in [0.29, 0.717) is 36.3 Å². The van der Waals surface area contributed by atoms with E-state index >= 15 is 0 Å². The molecule has 3 N–H and O–H groups in total. The minimum Gasteiger partial charge on any atom is -0.493 e. The second-order valence-electron chi connectivity index (χ2n) is 6.36. The first-order chi connectivity index (χ1) is 12.6. The number of carbonyl (C=O) groups is 2. The Balaban J connectivity index is 1.74. The Morgan fingerprint density at radius 3 is 2.65 bits per heavy atom. The van der Waals surface area contributed by atoms with Gasteiger partial charge in [0.2, 0.25) is 0 Å². The van der Waals surface area contributed by atoms with Crippen LogP contribution in [0.25, 0.3) is 0 Å². The standard InChI is InChI=1S/C19H28N2O5/c1-24-17-12-14(8-9-16(17)26-13-18(20)22)19(23)21-10-5-11-25-15-6-3-2-4-7-15/h8-9,12,15H,2-7,10-11,13H2,1H3,(H2,20,22)(H,21,23). The van der Waals surface area contributed by atoms with E-state index in [1.54, 1.807) is 18.2 Å². The average Bonchev–Trinajstić information content (AvgIpc) is 2.66. The van der Waals surface area contributed by atoms with Crippen LogP contribution in [-0.4, -0.2) is 44.8 Å². The topological polar surface area (TPSA) is 99.9 Å². The average molecular weight is 364 g/mol. The Hall–Kier alpha value is -2.28. The van der Waals surface area contributed by atoms with Crippen LogP contribution in [0.3, 0.4) is 0 Å². The van der Waals surface area contributed by atoms with Gasteiger partial charge in [-0.15, -0.1) is 0 Å². The minimum absolute atomic E-state index is 0.192. The summed E-state index contributed by atoms with van der Waals surface area (Å²) in [5, 5.41) is 2.87. The number of ether oxygens (including phenoxy) is 3. The van der Waals surface area contributed by atoms with E-state index in [4.69, 9.17) is 19.9 Å². The van der Waals surface area contributed by atoms with Gasteiger partial charge < -0.3 is 25.3 Å². The van der Waals surface area contributed by atoms with E-state index < -0.39 is 5.91 Å². The van der Waals surface area contributed by atoms with Crippen molar-refractivity contribution in [2.75, 3.05) is 26.9 Å². The molecule has 2 amide bonds. The van der Waals surface area contributed by atoms with Crippen molar-refractivity contribution in [2.24, 2.45) is 5.73 Å². The van der Waals surface area contributed by atoms with E-state index in [2.05, 4.69) is 5.32 Å². The summed E-state index contributed by atoms with van der Waals surface area (Å²) in [6.07, 6.45) is 7.28. The molecule has 1 aromatic rings. The lowest BCUT2D eigenvalue weighted by Crippen LogP contribution is -2.26. The van der Waals surface area contributed by atoms with Crippen LogP contribution in [-0.2, 0) is 9.53 Å². The van der Waals surface area contributed by atoms with Crippen molar-refractivity contribution in [1.29, 1.82) is 0 Å². The van der Waals surface area contributed by atoms with Crippen molar-refractivity contribution in [3.8, 4) is 11.5 Å². The molecule has 0 atom stereocenters. The molecule has 0 spiro atoms. The first-order valence-corrected chi connectivity index (χ1v) is 9.09. The zero-order valence-corrected chi connectivity index (χ0v) is 15.3. The quantitative estimate of drug-likeness (QED) is 0.619. The van der Waals surface area contributed by atoms with Crippen LogP contribution in [0.15, 0.2) is 18.2 Å². The Labute approximate surface area is 154 Å². The normalized spacial score (nSPS) is 14.7. The third-order valence-corrected chi connectivity index (χ3v) is 4.31. The highest BCUT2D eigenvalue weighted by molar-refractivity contribution is 5.94. The van der Waals surface area contributed by atoms with Crippen molar-refractivity contribution in [3.05, 3.63) is 23.8 Å². The zero-order valence-electron chi connectivity index (χ0n) is 15.3. The minimum atomic E-state index is -0.579. The van der Waals surface area contributed by atoms with Crippen molar-refractivity contribution in [1.82, 2.24) is 5.32 Å². The first-order valence-electron chi connectivity index (χ1n) is 9.09. The molecule has 1 fully saturated rings. The molecule has 0 unspecified atom stereocenters. The third kappa shape index (κ3) is 6.55. The fourth-order valence-electron chi connectivity index (χ4n) is 2.93. The number of benzene rings is 1. The van der Waals surface area contributed by atoms with Gasteiger partial charge in [-0.05, 0) is 37.5 Å². The van der Waals surface area contributed by atoms with Gasteiger partial charge in [0, 0.05) is 18.7 Å². The van der Waals surface area contributed by atoms with Crippen LogP contribution in [0.2, 0.25) is 0 Å². The summed E-state index contributed by atoms with van der Waals surface area (Å²) in [6, 6.07) is 4.78. The van der Waals surface area contributed by atoms with Crippen molar-refractivity contribution in [2.45, 2.75) is 44.6 Å². The van der Waals surface area contributed by atoms with Gasteiger partial charge in [0.05, 0.1) is 13.2 Å². The lowest BCUT2D eigenvalue weighted by Gasteiger charge is -2.21. The molecule has 0 saturated heterocycles. The number of nitrogens with two attached hydrogens (primary N) is 1. The molecule has 1 aliphatic rings. The SMILES string of the molecule is COc1cc(C(=O)NCCCOC2CCCCC2)ccc1OCC(N)=O. The fourth-order valence-corrected chi connectivity index (χ4v) is 2.93. The van der Waals surface area contributed by atoms with Crippen molar-refractivity contribution < 1.29 is 23.8 Å². The second kappa shape index (κ2) is 10.7. The number of amides is 2. The van der Waals surface area contributed by atoms with Crippen LogP contribution in [0.5, 0.6) is 11.5 Å². The molecule has 0 heterocycles. The Bertz CT molecular complexity index is 600. The number of hydrogen-bond donors (Lipinski definition) is 2. The second-order valence-corrected chi connectivity index (χ2v) is 6.36. The maximum atomic E-state index is 12.2. The number of methoxy groups -OCH3 is 1. The summed E-state index contributed by atoms with van der Waals surface area (Å²) in [5.41, 5.74) is 5.52. The highest BCUT2D eigenvalue weighted by Crippen LogP contribution is 2.28. The summed E-state index contributed by atoms with van der Waals surface area (Å²) < 4.78 is 16.3. The molecule has 7 nitrogen and oxygen atoms in total. The van der Waals surface area contributed by atoms with E-state index in [9.17, 15) is 9.59 Å². The molecular weight excluding hydrogens is 336 g/mol. The van der Waals surface area contributed by atoms with E-state index in [-0.39, 0.29) is 12.5 Å². The van der Waals surface area contributed by atoms with E-state index in [1.807, 2.05) is 0 Å². The molecule has 0 aromatic heterocycles. The molecule has 7 heteroatoms. The summed E-state index contributed by atoms with van der Waals surface area (Å²) in [5.74, 6) is -0.0324. The van der Waals surface area contributed by atoms with E-state index in [1.165, 1.54) is 26.4 Å². The van der Waals surface area contributed by atoms with Gasteiger partial charge in [0.1, 0.15) is 0 Å². The summed E-state index contributed by atoms with van der Waals surface area (Å²) >= 11 is 0. The van der Waals surface area contributed by atoms with Crippen LogP contribution < -0.4 is 20.5 Å². The van der Waals surface area contributed by atoms with Gasteiger partial charge in [-0.3, -0.25) is 9.59 Å². The molecule has 0 bridgehead atoms. The van der Waals surface area contributed by atoms with Crippen LogP contribution in [0.1, 0.15) is 48.9 Å². The summed E-state index contributed by atoms with van der Waals surface area (Å²) in [7, 11) is 1.47. The van der Waals surface area contributed by atoms with Crippen molar-refractivity contribution in [3.63, 3.8) is 0 Å². The lowest BCUT2D eigenvalue weighted by molar-refractivity contribution is -0.119. The number of carbonyl (C=O) groups excluding carboxylic acids is 2. The molecule has 2 rings (SSSR count). The van der Waals surface area contributed by atoms with Gasteiger partial charge in [-0.25, -0.2) is 0 Å². The van der Waals surface area contributed by atoms with Gasteiger partial charge in [-0.1, -0.05) is 19.3 Å². The van der Waals surface area contributed by atoms with Crippen LogP contribution in [0, 0.1) is 0 Å². The molecular formula is C19H28N2O5. The van der Waals surface area contributed by atoms with Crippen LogP contribution >= 0.6 is 0 Å². The van der Waals surface area contributed by atoms with Gasteiger partial charge in [0.25, 0.3) is 11.8 Å². The van der Waals surface area contributed by atoms with Crippen LogP contribution in [0.4, 0.5) is 0 Å². The first kappa shape index (κ1) is 20.0. The summed E-state index contributed by atoms with van der Waals surface area (Å²) in [4.78, 5) is 23.0. The predicted molar refractivity (Wildman–Crippen MR) is 97.5 cm³/mol. The molecule has 1 aromatic carbocycles. The molecule has 26 heavy (non-hydrogen) atoms. The van der Waals surface area contributed by atoms with Gasteiger partial charge >= 0.3 is 0 Å². The monoisotopic (exact) mass is 364 g/mol. The largest absolute Gasteiger partial charge is 0.493 e. The number of hydrogen-bond acceptors (Lipinski definition) is 5. The van der Waals surface area contributed by atoms with E-state index in [0.717, 1.165) is 19.3 Å². The maximum absolute atomic E-state index is 12.2. The molecule has 0 radical (unpaired) electrons. The zero-order chi connectivity index (χ0) is 18.8. The molecule has 144 valence electrons. The summed E-state index contributed by atoms with van der Waals surface area (Å²) in [6.45, 7) is 0.963. The number of nitrogens with one attached hydrogen (secondary N) is 1. The molecule has 1 saturated carbocycles. The molecule has 0 aliphatic heterocycles. The highest BCUT2D eigenvalue weighted by Gasteiger charge is 2.14. The number of primary amides is 1. The highest BCUT2D eigenvalue weighted by atomic mass is 16.5. The predicted octanol–water partition coefficient (Wildman–Crippen LogP) is 2.03.